The van der Waals surface area contributed by atoms with E-state index in [0.29, 0.717) is 13.0 Å². The maximum Gasteiger partial charge on any atom is 0.308 e. The van der Waals surface area contributed by atoms with Gasteiger partial charge in [-0.05, 0) is 41.5 Å². The molecule has 7 heteroatoms. The average Bonchev–Trinajstić information content (AvgIpc) is 2.25. The molecular weight excluding hydrogens is 288 g/mol. The standard InChI is InChI=1S/C8H13NO3.C7H15NO2/c1-8(2,3)12-7(11)4-5-9-6-10;1-7(2,3)10-6(9)4-5-8/h4-5H2,1-3H3;4-5,8H2,1-3H3. The summed E-state index contributed by atoms with van der Waals surface area (Å²) in [6, 6.07) is 0. The third-order valence-electron chi connectivity index (χ3n) is 1.68. The van der Waals surface area contributed by atoms with Crippen LogP contribution in [0.1, 0.15) is 54.4 Å². The van der Waals surface area contributed by atoms with Gasteiger partial charge in [0.2, 0.25) is 6.08 Å². The van der Waals surface area contributed by atoms with E-state index in [4.69, 9.17) is 15.2 Å². The van der Waals surface area contributed by atoms with Crippen molar-refractivity contribution >= 4 is 18.0 Å². The minimum Gasteiger partial charge on any atom is -0.460 e. The first-order chi connectivity index (χ1) is 9.91. The highest BCUT2D eigenvalue weighted by molar-refractivity contribution is 5.70. The lowest BCUT2D eigenvalue weighted by molar-refractivity contribution is -0.155. The summed E-state index contributed by atoms with van der Waals surface area (Å²) in [6.07, 6.45) is 1.79. The molecule has 0 amide bonds. The van der Waals surface area contributed by atoms with Gasteiger partial charge in [-0.15, -0.1) is 0 Å². The van der Waals surface area contributed by atoms with Gasteiger partial charge in [-0.2, -0.15) is 0 Å². The van der Waals surface area contributed by atoms with E-state index in [-0.39, 0.29) is 30.5 Å². The number of ether oxygens (including phenoxy) is 2. The smallest absolute Gasteiger partial charge is 0.308 e. The summed E-state index contributed by atoms with van der Waals surface area (Å²) < 4.78 is 9.91. The fraction of sp³-hybridized carbons (Fsp3) is 0.800. The van der Waals surface area contributed by atoms with Crippen molar-refractivity contribution in [3.8, 4) is 0 Å². The van der Waals surface area contributed by atoms with E-state index < -0.39 is 5.60 Å². The van der Waals surface area contributed by atoms with Gasteiger partial charge in [0.1, 0.15) is 11.2 Å². The average molecular weight is 316 g/mol. The predicted octanol–water partition coefficient (Wildman–Crippen LogP) is 1.73. The van der Waals surface area contributed by atoms with E-state index in [1.54, 1.807) is 20.8 Å². The first-order valence-corrected chi connectivity index (χ1v) is 7.08. The van der Waals surface area contributed by atoms with E-state index in [9.17, 15) is 14.4 Å². The SMILES string of the molecule is CC(C)(C)OC(=O)CCN.CC(C)(C)OC(=O)CCN=C=O. The molecule has 0 spiro atoms. The lowest BCUT2D eigenvalue weighted by Crippen LogP contribution is -2.25. The molecule has 0 saturated carbocycles. The van der Waals surface area contributed by atoms with Crippen molar-refractivity contribution in [3.63, 3.8) is 0 Å². The number of nitrogens with zero attached hydrogens (tertiary/aromatic N) is 1. The van der Waals surface area contributed by atoms with E-state index >= 15 is 0 Å². The number of isocyanates is 1. The summed E-state index contributed by atoms with van der Waals surface area (Å²) in [5.74, 6) is -0.573. The Morgan fingerprint density at radius 1 is 0.955 bits per heavy atom. The van der Waals surface area contributed by atoms with Gasteiger partial charge in [-0.1, -0.05) is 0 Å². The van der Waals surface area contributed by atoms with Crippen molar-refractivity contribution in [1.82, 2.24) is 0 Å². The summed E-state index contributed by atoms with van der Waals surface area (Å²) in [7, 11) is 0. The van der Waals surface area contributed by atoms with Gasteiger partial charge < -0.3 is 15.2 Å². The molecule has 22 heavy (non-hydrogen) atoms. The largest absolute Gasteiger partial charge is 0.460 e. The van der Waals surface area contributed by atoms with Gasteiger partial charge in [0.05, 0.1) is 19.4 Å². The predicted molar refractivity (Wildman–Crippen MR) is 83.0 cm³/mol. The number of aliphatic imine (C=N–C) groups is 1. The Morgan fingerprint density at radius 3 is 1.68 bits per heavy atom. The van der Waals surface area contributed by atoms with Gasteiger partial charge >= 0.3 is 11.9 Å². The van der Waals surface area contributed by atoms with Gasteiger partial charge in [-0.3, -0.25) is 9.59 Å². The molecule has 0 aliphatic carbocycles. The molecule has 128 valence electrons. The molecule has 0 atom stereocenters. The van der Waals surface area contributed by atoms with Gasteiger partial charge in [0, 0.05) is 6.54 Å². The zero-order valence-corrected chi connectivity index (χ0v) is 14.4. The third-order valence-corrected chi connectivity index (χ3v) is 1.68. The van der Waals surface area contributed by atoms with E-state index in [2.05, 4.69) is 4.99 Å². The van der Waals surface area contributed by atoms with Crippen molar-refractivity contribution < 1.29 is 23.9 Å². The molecule has 7 nitrogen and oxygen atoms in total. The van der Waals surface area contributed by atoms with Crippen LogP contribution < -0.4 is 5.73 Å². The molecule has 0 aliphatic heterocycles. The quantitative estimate of drug-likeness (QED) is 0.470. The Hall–Kier alpha value is -1.72. The van der Waals surface area contributed by atoms with Crippen LogP contribution in [0.3, 0.4) is 0 Å². The van der Waals surface area contributed by atoms with Crippen LogP contribution >= 0.6 is 0 Å². The Balaban J connectivity index is 0. The number of rotatable bonds is 5. The molecule has 0 rings (SSSR count). The highest BCUT2D eigenvalue weighted by Crippen LogP contribution is 2.08. The second-order valence-corrected chi connectivity index (χ2v) is 6.43. The lowest BCUT2D eigenvalue weighted by atomic mass is 10.2. The highest BCUT2D eigenvalue weighted by Gasteiger charge is 2.15. The number of carbonyl (C=O) groups excluding carboxylic acids is 3. The van der Waals surface area contributed by atoms with Gasteiger partial charge in [0.25, 0.3) is 0 Å². The summed E-state index contributed by atoms with van der Waals surface area (Å²) in [4.78, 5) is 34.5. The first kappa shape index (κ1) is 22.6. The van der Waals surface area contributed by atoms with Crippen LogP contribution in [0.2, 0.25) is 0 Å². The number of nitrogens with two attached hydrogens (primary N) is 1. The Labute approximate surface area is 132 Å². The maximum absolute atomic E-state index is 10.9. The van der Waals surface area contributed by atoms with Crippen LogP contribution in [0.25, 0.3) is 0 Å². The summed E-state index contributed by atoms with van der Waals surface area (Å²) in [5, 5.41) is 0. The first-order valence-electron chi connectivity index (χ1n) is 7.08. The number of esters is 2. The van der Waals surface area contributed by atoms with Crippen LogP contribution in [0.4, 0.5) is 0 Å². The minimum atomic E-state index is -0.470. The molecule has 0 fully saturated rings. The Bertz CT molecular complexity index is 388. The Morgan fingerprint density at radius 2 is 1.36 bits per heavy atom. The fourth-order valence-corrected chi connectivity index (χ4v) is 1.10. The molecule has 0 aliphatic rings. The minimum absolute atomic E-state index is 0.131. The van der Waals surface area contributed by atoms with Crippen LogP contribution in [-0.4, -0.2) is 42.3 Å². The van der Waals surface area contributed by atoms with Crippen molar-refractivity contribution in [2.45, 2.75) is 65.6 Å². The molecule has 0 bridgehead atoms. The molecule has 0 unspecified atom stereocenters. The normalized spacial score (nSPS) is 10.7. The van der Waals surface area contributed by atoms with Crippen LogP contribution in [-0.2, 0) is 23.9 Å². The van der Waals surface area contributed by atoms with Crippen LogP contribution in [0.5, 0.6) is 0 Å². The topological polar surface area (TPSA) is 108 Å². The van der Waals surface area contributed by atoms with Crippen LogP contribution in [0, 0.1) is 0 Å². The molecule has 0 radical (unpaired) electrons. The molecule has 0 aromatic rings. The van der Waals surface area contributed by atoms with Gasteiger partial charge in [0.15, 0.2) is 0 Å². The fourth-order valence-electron chi connectivity index (χ4n) is 1.10. The zero-order chi connectivity index (χ0) is 17.8. The number of hydrogen-bond donors (Lipinski definition) is 1. The molecule has 0 saturated heterocycles. The molecular formula is C15H28N2O5. The highest BCUT2D eigenvalue weighted by atomic mass is 16.6. The van der Waals surface area contributed by atoms with E-state index in [1.165, 1.54) is 6.08 Å². The molecule has 2 N–H and O–H groups in total. The number of hydrogen-bond acceptors (Lipinski definition) is 7. The van der Waals surface area contributed by atoms with Crippen molar-refractivity contribution in [3.05, 3.63) is 0 Å². The van der Waals surface area contributed by atoms with Crippen LogP contribution in [0.15, 0.2) is 4.99 Å². The molecule has 0 aromatic carbocycles. The van der Waals surface area contributed by atoms with Crippen molar-refractivity contribution in [2.24, 2.45) is 10.7 Å². The maximum atomic E-state index is 10.9. The Kier molecular flexibility index (Phi) is 11.2. The molecule has 0 aromatic heterocycles. The van der Waals surface area contributed by atoms with Crippen molar-refractivity contribution in [1.29, 1.82) is 0 Å². The number of carbonyl (C=O) groups is 2. The zero-order valence-electron chi connectivity index (χ0n) is 14.4. The second-order valence-electron chi connectivity index (χ2n) is 6.43. The van der Waals surface area contributed by atoms with E-state index in [1.807, 2.05) is 20.8 Å². The lowest BCUT2D eigenvalue weighted by Gasteiger charge is -2.18. The molecule has 0 heterocycles. The van der Waals surface area contributed by atoms with Crippen molar-refractivity contribution in [2.75, 3.05) is 13.1 Å². The monoisotopic (exact) mass is 316 g/mol. The van der Waals surface area contributed by atoms with Gasteiger partial charge in [-0.25, -0.2) is 9.79 Å². The summed E-state index contributed by atoms with van der Waals surface area (Å²) in [5.41, 5.74) is 4.29. The third kappa shape index (κ3) is 20.6. The summed E-state index contributed by atoms with van der Waals surface area (Å²) in [6.45, 7) is 11.4. The summed E-state index contributed by atoms with van der Waals surface area (Å²) >= 11 is 0. The van der Waals surface area contributed by atoms with E-state index in [0.717, 1.165) is 0 Å². The second kappa shape index (κ2) is 10.9.